The Balaban J connectivity index is 2.20. The summed E-state index contributed by atoms with van der Waals surface area (Å²) in [6.07, 6.45) is 1.66. The Bertz CT molecular complexity index is 651. The van der Waals surface area contributed by atoms with Crippen LogP contribution in [0.2, 0.25) is 0 Å². The van der Waals surface area contributed by atoms with Crippen LogP contribution in [0.15, 0.2) is 23.1 Å². The molecule has 1 amide bonds. The number of sulfonamides is 1. The number of benzene rings is 1. The normalized spacial score (nSPS) is 16.5. The molecule has 0 spiro atoms. The van der Waals surface area contributed by atoms with Crippen LogP contribution in [0.5, 0.6) is 0 Å². The van der Waals surface area contributed by atoms with Crippen LogP contribution in [-0.4, -0.2) is 32.6 Å². The van der Waals surface area contributed by atoms with Crippen molar-refractivity contribution < 1.29 is 18.3 Å². The molecule has 1 aliphatic carbocycles. The van der Waals surface area contributed by atoms with E-state index in [4.69, 9.17) is 0 Å². The molecular formula is C14H20N2O4S. The fraction of sp³-hybridized carbons (Fsp3) is 0.500. The Hall–Kier alpha value is -1.44. The first kappa shape index (κ1) is 15.9. The summed E-state index contributed by atoms with van der Waals surface area (Å²) in [7, 11) is -3.66. The maximum atomic E-state index is 12.4. The highest BCUT2D eigenvalue weighted by Crippen LogP contribution is 2.44. The van der Waals surface area contributed by atoms with Gasteiger partial charge < -0.3 is 10.4 Å². The summed E-state index contributed by atoms with van der Waals surface area (Å²) in [5.41, 5.74) is 0.748. The number of aryl methyl sites for hydroxylation is 1. The molecule has 1 aromatic rings. The smallest absolute Gasteiger partial charge is 0.240 e. The molecule has 3 N–H and O–H groups in total. The monoisotopic (exact) mass is 312 g/mol. The van der Waals surface area contributed by atoms with E-state index < -0.39 is 10.0 Å². The number of aliphatic hydroxyl groups excluding tert-OH is 1. The molecule has 0 atom stereocenters. The van der Waals surface area contributed by atoms with Gasteiger partial charge in [0.15, 0.2) is 0 Å². The maximum Gasteiger partial charge on any atom is 0.240 e. The zero-order valence-electron chi connectivity index (χ0n) is 12.1. The Kier molecular flexibility index (Phi) is 4.36. The number of anilines is 1. The van der Waals surface area contributed by atoms with Crippen LogP contribution in [0, 0.1) is 12.3 Å². The van der Waals surface area contributed by atoms with Gasteiger partial charge in [-0.25, -0.2) is 13.1 Å². The van der Waals surface area contributed by atoms with Gasteiger partial charge in [0, 0.05) is 31.2 Å². The lowest BCUT2D eigenvalue weighted by Gasteiger charge is -2.15. The van der Waals surface area contributed by atoms with Crippen molar-refractivity contribution in [2.45, 2.75) is 31.6 Å². The first-order valence-electron chi connectivity index (χ1n) is 6.77. The van der Waals surface area contributed by atoms with Crippen molar-refractivity contribution in [3.63, 3.8) is 0 Å². The lowest BCUT2D eigenvalue weighted by molar-refractivity contribution is -0.114. The second-order valence-corrected chi connectivity index (χ2v) is 7.38. The lowest BCUT2D eigenvalue weighted by atomic mass is 10.1. The molecule has 0 heterocycles. The Morgan fingerprint density at radius 2 is 2.05 bits per heavy atom. The molecule has 0 radical (unpaired) electrons. The zero-order chi connectivity index (χ0) is 15.7. The average Bonchev–Trinajstić information content (AvgIpc) is 3.19. The number of hydrogen-bond acceptors (Lipinski definition) is 4. The molecule has 1 aliphatic rings. The predicted molar refractivity (Wildman–Crippen MR) is 79.4 cm³/mol. The summed E-state index contributed by atoms with van der Waals surface area (Å²) in [4.78, 5) is 11.2. The zero-order valence-corrected chi connectivity index (χ0v) is 13.0. The van der Waals surface area contributed by atoms with Gasteiger partial charge in [0.1, 0.15) is 0 Å². The van der Waals surface area contributed by atoms with Crippen LogP contribution >= 0.6 is 0 Å². The lowest BCUT2D eigenvalue weighted by Crippen LogP contribution is -2.32. The Morgan fingerprint density at radius 3 is 2.57 bits per heavy atom. The van der Waals surface area contributed by atoms with Crippen LogP contribution in [0.3, 0.4) is 0 Å². The molecule has 1 saturated carbocycles. The topological polar surface area (TPSA) is 95.5 Å². The molecule has 0 saturated heterocycles. The van der Waals surface area contributed by atoms with Gasteiger partial charge in [0.25, 0.3) is 0 Å². The van der Waals surface area contributed by atoms with Crippen molar-refractivity contribution >= 4 is 21.6 Å². The van der Waals surface area contributed by atoms with Crippen molar-refractivity contribution in [3.05, 3.63) is 23.8 Å². The third kappa shape index (κ3) is 3.81. The molecule has 116 valence electrons. The molecule has 2 rings (SSSR count). The largest absolute Gasteiger partial charge is 0.396 e. The van der Waals surface area contributed by atoms with Gasteiger partial charge in [-0.3, -0.25) is 4.79 Å². The van der Waals surface area contributed by atoms with Crippen LogP contribution in [0.1, 0.15) is 25.3 Å². The third-order valence-corrected chi connectivity index (χ3v) is 5.27. The Morgan fingerprint density at radius 1 is 1.38 bits per heavy atom. The summed E-state index contributed by atoms with van der Waals surface area (Å²) in [5.74, 6) is -0.257. The molecular weight excluding hydrogens is 292 g/mol. The molecule has 0 unspecified atom stereocenters. The molecule has 6 nitrogen and oxygen atoms in total. The van der Waals surface area contributed by atoms with E-state index in [0.29, 0.717) is 11.3 Å². The average molecular weight is 312 g/mol. The molecule has 1 aromatic carbocycles. The minimum atomic E-state index is -3.66. The number of carbonyl (C=O) groups excluding carboxylic acids is 1. The third-order valence-electron chi connectivity index (χ3n) is 3.73. The van der Waals surface area contributed by atoms with Crippen molar-refractivity contribution in [1.29, 1.82) is 0 Å². The van der Waals surface area contributed by atoms with E-state index in [9.17, 15) is 18.3 Å². The number of hydrogen-bond donors (Lipinski definition) is 3. The predicted octanol–water partition coefficient (Wildman–Crippen LogP) is 1.00. The van der Waals surface area contributed by atoms with E-state index in [1.165, 1.54) is 13.0 Å². The molecule has 1 fully saturated rings. The van der Waals surface area contributed by atoms with E-state index >= 15 is 0 Å². The maximum absolute atomic E-state index is 12.4. The number of nitrogens with one attached hydrogen (secondary N) is 2. The summed E-state index contributed by atoms with van der Waals surface area (Å²) in [6.45, 7) is 3.28. The van der Waals surface area contributed by atoms with Gasteiger partial charge in [0.2, 0.25) is 15.9 Å². The van der Waals surface area contributed by atoms with Crippen molar-refractivity contribution in [2.24, 2.45) is 5.41 Å². The highest BCUT2D eigenvalue weighted by atomic mass is 32.2. The molecule has 0 aromatic heterocycles. The number of rotatable bonds is 6. The first-order valence-corrected chi connectivity index (χ1v) is 8.25. The van der Waals surface area contributed by atoms with Gasteiger partial charge in [-0.2, -0.15) is 0 Å². The van der Waals surface area contributed by atoms with Crippen molar-refractivity contribution in [1.82, 2.24) is 4.72 Å². The minimum absolute atomic E-state index is 0.0135. The van der Waals surface area contributed by atoms with Gasteiger partial charge >= 0.3 is 0 Å². The van der Waals surface area contributed by atoms with Crippen LogP contribution in [-0.2, 0) is 14.8 Å². The molecule has 7 heteroatoms. The Labute approximate surface area is 124 Å². The van der Waals surface area contributed by atoms with E-state index in [1.807, 2.05) is 0 Å². The van der Waals surface area contributed by atoms with Gasteiger partial charge in [0.05, 0.1) is 4.90 Å². The number of amides is 1. The van der Waals surface area contributed by atoms with Gasteiger partial charge in [-0.05, 0) is 37.5 Å². The summed E-state index contributed by atoms with van der Waals surface area (Å²) < 4.78 is 27.3. The number of aliphatic hydroxyl groups is 1. The highest BCUT2D eigenvalue weighted by molar-refractivity contribution is 7.89. The summed E-state index contributed by atoms with van der Waals surface area (Å²) in [5, 5.41) is 11.8. The second-order valence-electron chi connectivity index (χ2n) is 5.64. The first-order chi connectivity index (χ1) is 9.78. The van der Waals surface area contributed by atoms with Crippen LogP contribution < -0.4 is 10.0 Å². The van der Waals surface area contributed by atoms with E-state index in [2.05, 4.69) is 10.0 Å². The quantitative estimate of drug-likeness (QED) is 0.730. The SMILES string of the molecule is CC(=O)Nc1ccc(C)c(S(=O)(=O)NCC2(CO)CC2)c1. The summed E-state index contributed by atoms with van der Waals surface area (Å²) >= 11 is 0. The minimum Gasteiger partial charge on any atom is -0.396 e. The van der Waals surface area contributed by atoms with E-state index in [1.54, 1.807) is 19.1 Å². The summed E-state index contributed by atoms with van der Waals surface area (Å²) in [6, 6.07) is 4.75. The molecule has 0 bridgehead atoms. The second kappa shape index (κ2) is 5.75. The van der Waals surface area contributed by atoms with Gasteiger partial charge in [-0.1, -0.05) is 6.07 Å². The van der Waals surface area contributed by atoms with Crippen LogP contribution in [0.25, 0.3) is 0 Å². The van der Waals surface area contributed by atoms with Crippen molar-refractivity contribution in [2.75, 3.05) is 18.5 Å². The fourth-order valence-electron chi connectivity index (χ4n) is 2.06. The van der Waals surface area contributed by atoms with E-state index in [0.717, 1.165) is 12.8 Å². The molecule has 21 heavy (non-hydrogen) atoms. The fourth-order valence-corrected chi connectivity index (χ4v) is 3.49. The van der Waals surface area contributed by atoms with Crippen molar-refractivity contribution in [3.8, 4) is 0 Å². The standard InChI is InChI=1S/C14H20N2O4S/c1-10-3-4-12(16-11(2)18)7-13(10)21(19,20)15-8-14(9-17)5-6-14/h3-4,7,15,17H,5-6,8-9H2,1-2H3,(H,16,18). The van der Waals surface area contributed by atoms with Gasteiger partial charge in [-0.15, -0.1) is 0 Å². The number of carbonyl (C=O) groups is 1. The van der Waals surface area contributed by atoms with E-state index in [-0.39, 0.29) is 29.4 Å². The van der Waals surface area contributed by atoms with Crippen LogP contribution in [0.4, 0.5) is 5.69 Å². The highest BCUT2D eigenvalue weighted by Gasteiger charge is 2.42. The molecule has 0 aliphatic heterocycles.